The number of nitrogens with zero attached hydrogens (tertiary/aromatic N) is 4. The summed E-state index contributed by atoms with van der Waals surface area (Å²) in [5.41, 5.74) is 12.5. The summed E-state index contributed by atoms with van der Waals surface area (Å²) in [6.45, 7) is 0. The van der Waals surface area contributed by atoms with Crippen LogP contribution in [0.5, 0.6) is 0 Å². The summed E-state index contributed by atoms with van der Waals surface area (Å²) < 4.78 is 7.09. The third-order valence-corrected chi connectivity index (χ3v) is 12.5. The molecule has 0 aliphatic carbocycles. The molecule has 0 fully saturated rings. The van der Waals surface area contributed by atoms with E-state index in [1.54, 1.807) is 11.3 Å². The molecule has 0 N–H and O–H groups in total. The molecule has 4 aromatic heterocycles. The molecule has 266 valence electrons. The summed E-state index contributed by atoms with van der Waals surface area (Å²) in [6, 6.07) is 69.6. The Balaban J connectivity index is 1.10. The summed E-state index contributed by atoms with van der Waals surface area (Å²) in [7, 11) is 0. The molecule has 0 saturated heterocycles. The number of thiophene rings is 1. The van der Waals surface area contributed by atoms with Crippen LogP contribution in [0.2, 0.25) is 0 Å². The predicted octanol–water partition coefficient (Wildman–Crippen LogP) is 14.0. The van der Waals surface area contributed by atoms with Gasteiger partial charge in [-0.3, -0.25) is 4.57 Å². The van der Waals surface area contributed by atoms with Crippen LogP contribution in [0.15, 0.2) is 194 Å². The first-order valence-corrected chi connectivity index (χ1v) is 20.1. The van der Waals surface area contributed by atoms with E-state index in [2.05, 4.69) is 197 Å². The molecule has 0 unspecified atom stereocenters. The Morgan fingerprint density at radius 3 is 1.58 bits per heavy atom. The highest BCUT2D eigenvalue weighted by Crippen LogP contribution is 2.43. The van der Waals surface area contributed by atoms with Gasteiger partial charge in [0.25, 0.3) is 0 Å². The lowest BCUT2D eigenvalue weighted by molar-refractivity contribution is 1.08. The minimum absolute atomic E-state index is 0.722. The molecular weight excluding hydrogens is 713 g/mol. The molecule has 4 nitrogen and oxygen atoms in total. The fraction of sp³-hybridized carbons (Fsp3) is 0. The van der Waals surface area contributed by atoms with Crippen LogP contribution in [-0.2, 0) is 0 Å². The first-order chi connectivity index (χ1) is 28.3. The van der Waals surface area contributed by atoms with Gasteiger partial charge in [0.05, 0.1) is 32.3 Å². The minimum Gasteiger partial charge on any atom is -0.309 e. The standard InChI is InChI=1S/C52H32N4S/c1-3-14-33(15-4-1)34-26-28-35(29-27-34)37-18-13-19-38(30-37)55-44-23-10-7-20-39(44)42-32-47-43(31-46(42)55)40-21-8-11-24-45(40)56(47)52-50-49(41-22-9-12-25-48(41)57-50)53-51(54-52)36-16-5-2-6-17-36/h1-32H. The van der Waals surface area contributed by atoms with Crippen LogP contribution >= 0.6 is 11.3 Å². The van der Waals surface area contributed by atoms with Crippen LogP contribution < -0.4 is 0 Å². The van der Waals surface area contributed by atoms with Crippen molar-refractivity contribution in [1.82, 2.24) is 19.1 Å². The second-order valence-electron chi connectivity index (χ2n) is 14.6. The summed E-state index contributed by atoms with van der Waals surface area (Å²) in [6.07, 6.45) is 0. The zero-order valence-corrected chi connectivity index (χ0v) is 31.5. The average molecular weight is 745 g/mol. The van der Waals surface area contributed by atoms with Gasteiger partial charge in [-0.1, -0.05) is 152 Å². The fourth-order valence-electron chi connectivity index (χ4n) is 8.69. The average Bonchev–Trinajstić information content (AvgIpc) is 3.93. The van der Waals surface area contributed by atoms with Gasteiger partial charge in [0.1, 0.15) is 0 Å². The number of hydrogen-bond acceptors (Lipinski definition) is 3. The maximum atomic E-state index is 5.42. The van der Waals surface area contributed by atoms with Crippen molar-refractivity contribution in [1.29, 1.82) is 0 Å². The van der Waals surface area contributed by atoms with Crippen LogP contribution in [0.1, 0.15) is 0 Å². The van der Waals surface area contributed by atoms with Crippen LogP contribution in [0.3, 0.4) is 0 Å². The molecule has 8 aromatic carbocycles. The molecule has 57 heavy (non-hydrogen) atoms. The molecule has 0 amide bonds. The van der Waals surface area contributed by atoms with E-state index >= 15 is 0 Å². The molecule has 0 aliphatic heterocycles. The lowest BCUT2D eigenvalue weighted by Gasteiger charge is -2.12. The summed E-state index contributed by atoms with van der Waals surface area (Å²) >= 11 is 1.76. The number of fused-ring (bicyclic) bond motifs is 9. The summed E-state index contributed by atoms with van der Waals surface area (Å²) in [5, 5.41) is 5.93. The van der Waals surface area contributed by atoms with Gasteiger partial charge in [-0.05, 0) is 64.7 Å². The van der Waals surface area contributed by atoms with Crippen molar-refractivity contribution in [2.75, 3.05) is 0 Å². The highest BCUT2D eigenvalue weighted by Gasteiger charge is 2.23. The Bertz CT molecular complexity index is 3500. The van der Waals surface area contributed by atoms with E-state index in [0.717, 1.165) is 49.5 Å². The molecule has 5 heteroatoms. The molecule has 0 atom stereocenters. The number of rotatable bonds is 5. The third kappa shape index (κ3) is 4.99. The Hall–Kier alpha value is -7.34. The molecule has 0 spiro atoms. The molecular formula is C52H32N4S. The van der Waals surface area contributed by atoms with E-state index in [1.807, 2.05) is 6.07 Å². The molecule has 0 radical (unpaired) electrons. The lowest BCUT2D eigenvalue weighted by Crippen LogP contribution is -2.01. The van der Waals surface area contributed by atoms with Crippen molar-refractivity contribution in [3.05, 3.63) is 194 Å². The van der Waals surface area contributed by atoms with Crippen molar-refractivity contribution < 1.29 is 0 Å². The molecule has 0 saturated carbocycles. The zero-order chi connectivity index (χ0) is 37.5. The maximum absolute atomic E-state index is 5.42. The largest absolute Gasteiger partial charge is 0.309 e. The van der Waals surface area contributed by atoms with Crippen LogP contribution in [0.25, 0.3) is 109 Å². The first kappa shape index (κ1) is 32.0. The predicted molar refractivity (Wildman–Crippen MR) is 240 cm³/mol. The van der Waals surface area contributed by atoms with Gasteiger partial charge < -0.3 is 4.57 Å². The zero-order valence-electron chi connectivity index (χ0n) is 30.7. The molecule has 0 aliphatic rings. The van der Waals surface area contributed by atoms with E-state index in [-0.39, 0.29) is 0 Å². The molecule has 4 heterocycles. The Morgan fingerprint density at radius 2 is 0.877 bits per heavy atom. The quantitative estimate of drug-likeness (QED) is 0.176. The second kappa shape index (κ2) is 12.6. The molecule has 0 bridgehead atoms. The third-order valence-electron chi connectivity index (χ3n) is 11.3. The van der Waals surface area contributed by atoms with Crippen LogP contribution in [0, 0.1) is 0 Å². The van der Waals surface area contributed by atoms with Gasteiger partial charge in [-0.15, -0.1) is 11.3 Å². The summed E-state index contributed by atoms with van der Waals surface area (Å²) in [5.74, 6) is 1.63. The Labute approximate surface area is 332 Å². The highest BCUT2D eigenvalue weighted by atomic mass is 32.1. The van der Waals surface area contributed by atoms with Crippen molar-refractivity contribution in [3.8, 4) is 45.1 Å². The topological polar surface area (TPSA) is 35.6 Å². The Kier molecular flexibility index (Phi) is 7.06. The number of para-hydroxylation sites is 2. The number of hydrogen-bond donors (Lipinski definition) is 0. The van der Waals surface area contributed by atoms with Gasteiger partial charge in [-0.2, -0.15) is 0 Å². The summed E-state index contributed by atoms with van der Waals surface area (Å²) in [4.78, 5) is 10.6. The van der Waals surface area contributed by atoms with Crippen LogP contribution in [0.4, 0.5) is 0 Å². The minimum atomic E-state index is 0.722. The van der Waals surface area contributed by atoms with E-state index in [9.17, 15) is 0 Å². The SMILES string of the molecule is c1ccc(-c2ccc(-c3cccc(-n4c5ccccc5c5cc6c(cc54)c4ccccc4n6-c4nc(-c5ccccc5)nc5c4sc4ccccc45)c3)cc2)cc1. The normalized spacial score (nSPS) is 11.9. The lowest BCUT2D eigenvalue weighted by atomic mass is 10.00. The number of aromatic nitrogens is 4. The first-order valence-electron chi connectivity index (χ1n) is 19.2. The van der Waals surface area contributed by atoms with Gasteiger partial charge in [0.15, 0.2) is 11.6 Å². The second-order valence-corrected chi connectivity index (χ2v) is 15.7. The van der Waals surface area contributed by atoms with Crippen molar-refractivity contribution in [3.63, 3.8) is 0 Å². The van der Waals surface area contributed by atoms with E-state index in [0.29, 0.717) is 0 Å². The smallest absolute Gasteiger partial charge is 0.162 e. The number of benzene rings is 8. The highest BCUT2D eigenvalue weighted by molar-refractivity contribution is 7.26. The van der Waals surface area contributed by atoms with Gasteiger partial charge >= 0.3 is 0 Å². The van der Waals surface area contributed by atoms with E-state index in [1.165, 1.54) is 59.5 Å². The van der Waals surface area contributed by atoms with Gasteiger partial charge in [0.2, 0.25) is 0 Å². The Morgan fingerprint density at radius 1 is 0.351 bits per heavy atom. The van der Waals surface area contributed by atoms with Gasteiger partial charge in [0, 0.05) is 42.9 Å². The van der Waals surface area contributed by atoms with Gasteiger partial charge in [-0.25, -0.2) is 9.97 Å². The van der Waals surface area contributed by atoms with Crippen molar-refractivity contribution in [2.24, 2.45) is 0 Å². The van der Waals surface area contributed by atoms with Crippen molar-refractivity contribution in [2.45, 2.75) is 0 Å². The van der Waals surface area contributed by atoms with Crippen molar-refractivity contribution >= 4 is 75.3 Å². The maximum Gasteiger partial charge on any atom is 0.162 e. The monoisotopic (exact) mass is 744 g/mol. The van der Waals surface area contributed by atoms with Crippen LogP contribution in [-0.4, -0.2) is 19.1 Å². The van der Waals surface area contributed by atoms with E-state index < -0.39 is 0 Å². The van der Waals surface area contributed by atoms with E-state index in [4.69, 9.17) is 9.97 Å². The molecule has 12 aromatic rings. The molecule has 12 rings (SSSR count). The fourth-order valence-corrected chi connectivity index (χ4v) is 9.81.